The van der Waals surface area contributed by atoms with E-state index in [9.17, 15) is 4.79 Å². The van der Waals surface area contributed by atoms with Crippen LogP contribution in [0, 0.1) is 0 Å². The van der Waals surface area contributed by atoms with Crippen LogP contribution in [0.15, 0.2) is 61.1 Å². The van der Waals surface area contributed by atoms with Gasteiger partial charge in [0.25, 0.3) is 0 Å². The number of carbonyl (C=O) groups is 1. The third kappa shape index (κ3) is 3.70. The van der Waals surface area contributed by atoms with Gasteiger partial charge in [-0.1, -0.05) is 18.2 Å². The van der Waals surface area contributed by atoms with Crippen LogP contribution in [0.2, 0.25) is 0 Å². The third-order valence-electron chi connectivity index (χ3n) is 3.19. The lowest BCUT2D eigenvalue weighted by atomic mass is 10.3. The van der Waals surface area contributed by atoms with E-state index >= 15 is 0 Å². The normalized spacial score (nSPS) is 10.3. The van der Waals surface area contributed by atoms with E-state index < -0.39 is 0 Å². The molecule has 0 atom stereocenters. The summed E-state index contributed by atoms with van der Waals surface area (Å²) in [7, 11) is 1.70. The Labute approximate surface area is 133 Å². The van der Waals surface area contributed by atoms with Crippen molar-refractivity contribution in [2.75, 3.05) is 12.4 Å². The van der Waals surface area contributed by atoms with Gasteiger partial charge < -0.3 is 10.2 Å². The molecule has 0 saturated heterocycles. The number of amides is 2. The summed E-state index contributed by atoms with van der Waals surface area (Å²) in [4.78, 5) is 19.2. The summed E-state index contributed by atoms with van der Waals surface area (Å²) in [5.74, 6) is 0. The second kappa shape index (κ2) is 6.69. The highest BCUT2D eigenvalue weighted by molar-refractivity contribution is 5.88. The third-order valence-corrected chi connectivity index (χ3v) is 3.19. The molecule has 2 amide bonds. The fourth-order valence-electron chi connectivity index (χ4n) is 2.02. The predicted molar refractivity (Wildman–Crippen MR) is 86.1 cm³/mol. The average molecular weight is 308 g/mol. The van der Waals surface area contributed by atoms with Gasteiger partial charge in [-0.2, -0.15) is 15.0 Å². The van der Waals surface area contributed by atoms with Crippen LogP contribution in [-0.4, -0.2) is 38.0 Å². The summed E-state index contributed by atoms with van der Waals surface area (Å²) < 4.78 is 0. The van der Waals surface area contributed by atoms with E-state index in [1.54, 1.807) is 42.6 Å². The smallest absolute Gasteiger partial charge is 0.321 e. The number of anilines is 1. The van der Waals surface area contributed by atoms with Gasteiger partial charge in [0.2, 0.25) is 0 Å². The van der Waals surface area contributed by atoms with E-state index in [0.717, 1.165) is 5.69 Å². The summed E-state index contributed by atoms with van der Waals surface area (Å²) in [6.45, 7) is 0.360. The molecule has 116 valence electrons. The number of para-hydroxylation sites is 1. The summed E-state index contributed by atoms with van der Waals surface area (Å²) in [5.41, 5.74) is 2.23. The Morgan fingerprint density at radius 3 is 2.74 bits per heavy atom. The van der Waals surface area contributed by atoms with Crippen molar-refractivity contribution in [3.8, 4) is 5.69 Å². The van der Waals surface area contributed by atoms with Crippen LogP contribution in [-0.2, 0) is 6.54 Å². The Balaban J connectivity index is 1.63. The number of nitrogens with one attached hydrogen (secondary N) is 1. The lowest BCUT2D eigenvalue weighted by Crippen LogP contribution is -2.31. The van der Waals surface area contributed by atoms with Crippen LogP contribution in [0.3, 0.4) is 0 Å². The highest BCUT2D eigenvalue weighted by atomic mass is 16.2. The number of aromatic nitrogens is 4. The highest BCUT2D eigenvalue weighted by Crippen LogP contribution is 2.08. The minimum atomic E-state index is -0.229. The van der Waals surface area contributed by atoms with Crippen molar-refractivity contribution in [3.05, 3.63) is 66.7 Å². The van der Waals surface area contributed by atoms with E-state index in [-0.39, 0.29) is 6.03 Å². The Hall–Kier alpha value is -3.22. The first-order valence-corrected chi connectivity index (χ1v) is 7.11. The number of hydrogen-bond acceptors (Lipinski definition) is 4. The second-order valence-electron chi connectivity index (χ2n) is 4.99. The number of benzene rings is 1. The number of carbonyl (C=O) groups excluding carboxylic acids is 1. The fourth-order valence-corrected chi connectivity index (χ4v) is 2.02. The molecule has 0 fully saturated rings. The van der Waals surface area contributed by atoms with Crippen molar-refractivity contribution < 1.29 is 4.79 Å². The van der Waals surface area contributed by atoms with Crippen LogP contribution >= 0.6 is 0 Å². The molecule has 0 aliphatic heterocycles. The maximum atomic E-state index is 12.1. The van der Waals surface area contributed by atoms with Gasteiger partial charge in [-0.25, -0.2) is 4.79 Å². The topological polar surface area (TPSA) is 75.9 Å². The van der Waals surface area contributed by atoms with Gasteiger partial charge in [0.05, 0.1) is 30.3 Å². The standard InChI is InChI=1S/C16H16N6O/c1-21(16(23)19-13-6-5-9-17-10-13)12-14-11-18-22(20-14)15-7-3-2-4-8-15/h2-11H,12H2,1H3,(H,19,23). The largest absolute Gasteiger partial charge is 0.322 e. The molecule has 0 aliphatic carbocycles. The summed E-state index contributed by atoms with van der Waals surface area (Å²) in [6.07, 6.45) is 4.90. The minimum absolute atomic E-state index is 0.229. The van der Waals surface area contributed by atoms with Crippen LogP contribution in [0.25, 0.3) is 5.69 Å². The van der Waals surface area contributed by atoms with Crippen LogP contribution in [0.5, 0.6) is 0 Å². The van der Waals surface area contributed by atoms with Gasteiger partial charge >= 0.3 is 6.03 Å². The zero-order chi connectivity index (χ0) is 16.1. The Bertz CT molecular complexity index is 772. The summed E-state index contributed by atoms with van der Waals surface area (Å²) in [6, 6.07) is 12.9. The maximum absolute atomic E-state index is 12.1. The zero-order valence-corrected chi connectivity index (χ0v) is 12.6. The van der Waals surface area contributed by atoms with Crippen molar-refractivity contribution in [1.82, 2.24) is 24.9 Å². The molecule has 7 nitrogen and oxygen atoms in total. The molecule has 23 heavy (non-hydrogen) atoms. The van der Waals surface area contributed by atoms with Gasteiger partial charge in [0.15, 0.2) is 0 Å². The molecular formula is C16H16N6O. The van der Waals surface area contributed by atoms with Gasteiger partial charge in [-0.3, -0.25) is 4.98 Å². The Morgan fingerprint density at radius 1 is 1.17 bits per heavy atom. The maximum Gasteiger partial charge on any atom is 0.321 e. The quantitative estimate of drug-likeness (QED) is 0.802. The van der Waals surface area contributed by atoms with E-state index in [0.29, 0.717) is 17.9 Å². The SMILES string of the molecule is CN(Cc1cnn(-c2ccccc2)n1)C(=O)Nc1cccnc1. The average Bonchev–Trinajstić information content (AvgIpc) is 3.05. The molecule has 0 spiro atoms. The molecule has 0 bridgehead atoms. The van der Waals surface area contributed by atoms with E-state index in [1.807, 2.05) is 30.3 Å². The van der Waals surface area contributed by atoms with Crippen molar-refractivity contribution >= 4 is 11.7 Å². The molecule has 1 aromatic carbocycles. The molecule has 3 aromatic rings. The van der Waals surface area contributed by atoms with E-state index in [2.05, 4.69) is 20.5 Å². The molecular weight excluding hydrogens is 292 g/mol. The van der Waals surface area contributed by atoms with Crippen molar-refractivity contribution in [1.29, 1.82) is 0 Å². The number of pyridine rings is 1. The fraction of sp³-hybridized carbons (Fsp3) is 0.125. The number of hydrogen-bond donors (Lipinski definition) is 1. The first-order valence-electron chi connectivity index (χ1n) is 7.11. The van der Waals surface area contributed by atoms with Gasteiger partial charge in [0, 0.05) is 13.2 Å². The Kier molecular flexibility index (Phi) is 4.28. The first kappa shape index (κ1) is 14.7. The van der Waals surface area contributed by atoms with Gasteiger partial charge in [-0.05, 0) is 24.3 Å². The molecule has 2 aromatic heterocycles. The first-order chi connectivity index (χ1) is 11.2. The van der Waals surface area contributed by atoms with E-state index in [1.165, 1.54) is 4.90 Å². The molecule has 7 heteroatoms. The monoisotopic (exact) mass is 308 g/mol. The molecule has 3 rings (SSSR count). The Morgan fingerprint density at radius 2 is 2.00 bits per heavy atom. The summed E-state index contributed by atoms with van der Waals surface area (Å²) >= 11 is 0. The predicted octanol–water partition coefficient (Wildman–Crippen LogP) is 2.33. The summed E-state index contributed by atoms with van der Waals surface area (Å²) in [5, 5.41) is 11.4. The minimum Gasteiger partial charge on any atom is -0.322 e. The van der Waals surface area contributed by atoms with Crippen LogP contribution in [0.4, 0.5) is 10.5 Å². The highest BCUT2D eigenvalue weighted by Gasteiger charge is 2.12. The molecule has 0 saturated carbocycles. The number of urea groups is 1. The molecule has 1 N–H and O–H groups in total. The van der Waals surface area contributed by atoms with Crippen molar-refractivity contribution in [2.24, 2.45) is 0 Å². The van der Waals surface area contributed by atoms with Crippen molar-refractivity contribution in [3.63, 3.8) is 0 Å². The zero-order valence-electron chi connectivity index (χ0n) is 12.6. The second-order valence-corrected chi connectivity index (χ2v) is 4.99. The molecule has 2 heterocycles. The van der Waals surface area contributed by atoms with Crippen LogP contribution in [0.1, 0.15) is 5.69 Å². The molecule has 0 radical (unpaired) electrons. The van der Waals surface area contributed by atoms with Crippen LogP contribution < -0.4 is 5.32 Å². The van der Waals surface area contributed by atoms with Gasteiger partial charge in [0.1, 0.15) is 5.69 Å². The lowest BCUT2D eigenvalue weighted by molar-refractivity contribution is 0.220. The molecule has 0 aliphatic rings. The number of rotatable bonds is 4. The number of nitrogens with zero attached hydrogens (tertiary/aromatic N) is 5. The lowest BCUT2D eigenvalue weighted by Gasteiger charge is -2.16. The van der Waals surface area contributed by atoms with Gasteiger partial charge in [-0.15, -0.1) is 0 Å². The van der Waals surface area contributed by atoms with Crippen molar-refractivity contribution in [2.45, 2.75) is 6.54 Å². The molecule has 0 unspecified atom stereocenters. The van der Waals surface area contributed by atoms with E-state index in [4.69, 9.17) is 0 Å².